The molecule has 0 radical (unpaired) electrons. The molecule has 2 aromatic rings. The molecule has 0 atom stereocenters. The van der Waals surface area contributed by atoms with E-state index in [1.54, 1.807) is 17.4 Å². The summed E-state index contributed by atoms with van der Waals surface area (Å²) in [5, 5.41) is 0. The van der Waals surface area contributed by atoms with Crippen molar-refractivity contribution in [3.05, 3.63) is 52.9 Å². The lowest BCUT2D eigenvalue weighted by Crippen LogP contribution is -1.92. The molecular formula is C17H18O2S. The SMILES string of the molecule is COC(=O)C=Cc1ccc(-c2ccc(C(C)C)cc2)s1. The maximum absolute atomic E-state index is 11.1. The number of thiophene rings is 1. The summed E-state index contributed by atoms with van der Waals surface area (Å²) >= 11 is 1.66. The minimum Gasteiger partial charge on any atom is -0.466 e. The van der Waals surface area contributed by atoms with E-state index in [0.29, 0.717) is 5.92 Å². The third-order valence-electron chi connectivity index (χ3n) is 3.07. The van der Waals surface area contributed by atoms with Gasteiger partial charge in [-0.15, -0.1) is 11.3 Å². The van der Waals surface area contributed by atoms with E-state index in [1.165, 1.54) is 29.2 Å². The third-order valence-corrected chi connectivity index (χ3v) is 4.17. The smallest absolute Gasteiger partial charge is 0.330 e. The van der Waals surface area contributed by atoms with Crippen molar-refractivity contribution in [2.45, 2.75) is 19.8 Å². The maximum Gasteiger partial charge on any atom is 0.330 e. The summed E-state index contributed by atoms with van der Waals surface area (Å²) in [7, 11) is 1.38. The van der Waals surface area contributed by atoms with Crippen LogP contribution in [0, 0.1) is 0 Å². The first-order valence-corrected chi connectivity index (χ1v) is 7.38. The molecule has 3 heteroatoms. The minimum atomic E-state index is -0.332. The standard InChI is InChI=1S/C17H18O2S/c1-12(2)13-4-6-14(7-5-13)16-10-8-15(20-16)9-11-17(18)19-3/h4-12H,1-3H3. The fraction of sp³-hybridized carbons (Fsp3) is 0.235. The molecule has 0 aliphatic heterocycles. The molecule has 0 saturated carbocycles. The molecule has 20 heavy (non-hydrogen) atoms. The van der Waals surface area contributed by atoms with Crippen LogP contribution in [0.3, 0.4) is 0 Å². The minimum absolute atomic E-state index is 0.332. The highest BCUT2D eigenvalue weighted by molar-refractivity contribution is 7.16. The Morgan fingerprint density at radius 1 is 1.15 bits per heavy atom. The van der Waals surface area contributed by atoms with Gasteiger partial charge in [0, 0.05) is 15.8 Å². The van der Waals surface area contributed by atoms with Crippen LogP contribution in [0.5, 0.6) is 0 Å². The Kier molecular flexibility index (Phi) is 4.74. The number of carbonyl (C=O) groups excluding carboxylic acids is 1. The lowest BCUT2D eigenvalue weighted by atomic mass is 10.0. The van der Waals surface area contributed by atoms with Crippen molar-refractivity contribution >= 4 is 23.4 Å². The van der Waals surface area contributed by atoms with Crippen LogP contribution in [0.15, 0.2) is 42.5 Å². The van der Waals surface area contributed by atoms with Crippen LogP contribution in [0.1, 0.15) is 30.2 Å². The number of ether oxygens (including phenoxy) is 1. The molecule has 0 aliphatic carbocycles. The number of esters is 1. The normalized spacial score (nSPS) is 11.2. The third kappa shape index (κ3) is 3.58. The van der Waals surface area contributed by atoms with Gasteiger partial charge in [-0.1, -0.05) is 38.1 Å². The molecule has 104 valence electrons. The summed E-state index contributed by atoms with van der Waals surface area (Å²) in [6.45, 7) is 4.38. The first-order valence-electron chi connectivity index (χ1n) is 6.56. The summed E-state index contributed by atoms with van der Waals surface area (Å²) < 4.78 is 4.58. The number of methoxy groups -OCH3 is 1. The van der Waals surface area contributed by atoms with Gasteiger partial charge in [-0.05, 0) is 35.3 Å². The zero-order valence-corrected chi connectivity index (χ0v) is 12.7. The lowest BCUT2D eigenvalue weighted by molar-refractivity contribution is -0.134. The Hall–Kier alpha value is -1.87. The molecule has 2 nitrogen and oxygen atoms in total. The van der Waals surface area contributed by atoms with Gasteiger partial charge in [0.2, 0.25) is 0 Å². The zero-order chi connectivity index (χ0) is 14.5. The molecule has 0 spiro atoms. The summed E-state index contributed by atoms with van der Waals surface area (Å²) in [5.41, 5.74) is 2.55. The highest BCUT2D eigenvalue weighted by atomic mass is 32.1. The van der Waals surface area contributed by atoms with E-state index in [0.717, 1.165) is 4.88 Å². The second-order valence-electron chi connectivity index (χ2n) is 4.84. The van der Waals surface area contributed by atoms with E-state index in [9.17, 15) is 4.79 Å². The molecule has 1 aromatic heterocycles. The monoisotopic (exact) mass is 286 g/mol. The molecule has 0 fully saturated rings. The Morgan fingerprint density at radius 2 is 1.85 bits per heavy atom. The van der Waals surface area contributed by atoms with Crippen molar-refractivity contribution in [2.75, 3.05) is 7.11 Å². The van der Waals surface area contributed by atoms with Gasteiger partial charge in [0.15, 0.2) is 0 Å². The fourth-order valence-corrected chi connectivity index (χ4v) is 2.76. The van der Waals surface area contributed by atoms with Crippen molar-refractivity contribution in [3.8, 4) is 10.4 Å². The highest BCUT2D eigenvalue weighted by Crippen LogP contribution is 2.29. The Labute approximate surface area is 123 Å². The number of benzene rings is 1. The predicted molar refractivity (Wildman–Crippen MR) is 84.9 cm³/mol. The Balaban J connectivity index is 2.16. The number of carbonyl (C=O) groups is 1. The van der Waals surface area contributed by atoms with Crippen molar-refractivity contribution < 1.29 is 9.53 Å². The molecule has 2 rings (SSSR count). The molecule has 1 heterocycles. The number of hydrogen-bond acceptors (Lipinski definition) is 3. The van der Waals surface area contributed by atoms with Gasteiger partial charge in [-0.3, -0.25) is 0 Å². The van der Waals surface area contributed by atoms with Crippen molar-refractivity contribution in [2.24, 2.45) is 0 Å². The van der Waals surface area contributed by atoms with Gasteiger partial charge in [0.1, 0.15) is 0 Å². The molecule has 0 bridgehead atoms. The van der Waals surface area contributed by atoms with E-state index < -0.39 is 0 Å². The Bertz CT molecular complexity index is 606. The maximum atomic E-state index is 11.1. The van der Waals surface area contributed by atoms with Crippen LogP contribution < -0.4 is 0 Å². The van der Waals surface area contributed by atoms with Gasteiger partial charge in [0.25, 0.3) is 0 Å². The van der Waals surface area contributed by atoms with Gasteiger partial charge < -0.3 is 4.74 Å². The summed E-state index contributed by atoms with van der Waals surface area (Å²) in [5.74, 6) is 0.215. The molecule has 0 unspecified atom stereocenters. The number of rotatable bonds is 4. The molecule has 0 amide bonds. The first-order chi connectivity index (χ1) is 9.60. The van der Waals surface area contributed by atoms with Crippen LogP contribution in [0.4, 0.5) is 0 Å². The molecule has 0 aliphatic rings. The van der Waals surface area contributed by atoms with Crippen LogP contribution in [0.25, 0.3) is 16.5 Å². The average molecular weight is 286 g/mol. The zero-order valence-electron chi connectivity index (χ0n) is 11.9. The topological polar surface area (TPSA) is 26.3 Å². The second-order valence-corrected chi connectivity index (χ2v) is 5.95. The first kappa shape index (κ1) is 14.5. The largest absolute Gasteiger partial charge is 0.466 e. The van der Waals surface area contributed by atoms with Crippen molar-refractivity contribution in [3.63, 3.8) is 0 Å². The second kappa shape index (κ2) is 6.53. The molecule has 0 saturated heterocycles. The predicted octanol–water partition coefficient (Wildman–Crippen LogP) is 4.72. The van der Waals surface area contributed by atoms with E-state index in [1.807, 2.05) is 6.07 Å². The van der Waals surface area contributed by atoms with Crippen LogP contribution in [0.2, 0.25) is 0 Å². The van der Waals surface area contributed by atoms with E-state index in [4.69, 9.17) is 0 Å². The van der Waals surface area contributed by atoms with E-state index >= 15 is 0 Å². The van der Waals surface area contributed by atoms with E-state index in [-0.39, 0.29) is 5.97 Å². The van der Waals surface area contributed by atoms with Crippen LogP contribution in [-0.4, -0.2) is 13.1 Å². The van der Waals surface area contributed by atoms with Gasteiger partial charge in [0.05, 0.1) is 7.11 Å². The van der Waals surface area contributed by atoms with Crippen LogP contribution in [-0.2, 0) is 9.53 Å². The summed E-state index contributed by atoms with van der Waals surface area (Å²) in [4.78, 5) is 13.3. The fourth-order valence-electron chi connectivity index (χ4n) is 1.85. The molecule has 1 aromatic carbocycles. The van der Waals surface area contributed by atoms with Crippen molar-refractivity contribution in [1.29, 1.82) is 0 Å². The Morgan fingerprint density at radius 3 is 2.45 bits per heavy atom. The average Bonchev–Trinajstić information content (AvgIpc) is 2.93. The lowest BCUT2D eigenvalue weighted by Gasteiger charge is -2.05. The summed E-state index contributed by atoms with van der Waals surface area (Å²) in [6.07, 6.45) is 3.22. The van der Waals surface area contributed by atoms with Crippen LogP contribution >= 0.6 is 11.3 Å². The van der Waals surface area contributed by atoms with Crippen molar-refractivity contribution in [1.82, 2.24) is 0 Å². The van der Waals surface area contributed by atoms with Gasteiger partial charge in [-0.25, -0.2) is 4.79 Å². The van der Waals surface area contributed by atoms with Gasteiger partial charge in [-0.2, -0.15) is 0 Å². The number of hydrogen-bond donors (Lipinski definition) is 0. The molecule has 0 N–H and O–H groups in total. The van der Waals surface area contributed by atoms with Gasteiger partial charge >= 0.3 is 5.97 Å². The molecular weight excluding hydrogens is 268 g/mol. The quantitative estimate of drug-likeness (QED) is 0.600. The van der Waals surface area contributed by atoms with E-state index in [2.05, 4.69) is 48.9 Å². The summed E-state index contributed by atoms with van der Waals surface area (Å²) in [6, 6.07) is 12.7. The highest BCUT2D eigenvalue weighted by Gasteiger charge is 2.03.